The van der Waals surface area contributed by atoms with Gasteiger partial charge in [-0.05, 0) is 37.6 Å². The lowest BCUT2D eigenvalue weighted by atomic mass is 10.1. The molecule has 0 radical (unpaired) electrons. The van der Waals surface area contributed by atoms with E-state index >= 15 is 0 Å². The van der Waals surface area contributed by atoms with Crippen LogP contribution in [-0.4, -0.2) is 58.0 Å². The number of fused-ring (bicyclic) bond motifs is 1. The van der Waals surface area contributed by atoms with Crippen LogP contribution in [0.4, 0.5) is 11.6 Å². The topological polar surface area (TPSA) is 77.2 Å². The molecule has 2 aromatic heterocycles. The summed E-state index contributed by atoms with van der Waals surface area (Å²) in [4.78, 5) is 29.4. The molecule has 3 heterocycles. The number of hydrogen-bond acceptors (Lipinski definition) is 5. The largest absolute Gasteiger partial charge is 0.360 e. The summed E-state index contributed by atoms with van der Waals surface area (Å²) in [6.45, 7) is 2.11. The van der Waals surface area contributed by atoms with Crippen molar-refractivity contribution in [3.05, 3.63) is 72.0 Å². The van der Waals surface area contributed by atoms with Crippen molar-refractivity contribution in [2.75, 3.05) is 36.4 Å². The van der Waals surface area contributed by atoms with Crippen LogP contribution in [0.3, 0.4) is 0 Å². The Labute approximate surface area is 215 Å². The van der Waals surface area contributed by atoms with E-state index in [-0.39, 0.29) is 18.5 Å². The van der Waals surface area contributed by atoms with Gasteiger partial charge in [0.1, 0.15) is 0 Å². The van der Waals surface area contributed by atoms with Crippen LogP contribution in [0.2, 0.25) is 5.02 Å². The Morgan fingerprint density at radius 2 is 2.03 bits per heavy atom. The van der Waals surface area contributed by atoms with Gasteiger partial charge >= 0.3 is 0 Å². The molecule has 1 fully saturated rings. The first-order chi connectivity index (χ1) is 17.6. The van der Waals surface area contributed by atoms with E-state index in [2.05, 4.69) is 26.1 Å². The van der Waals surface area contributed by atoms with Gasteiger partial charge < -0.3 is 10.3 Å². The molecule has 2 N–H and O–H groups in total. The van der Waals surface area contributed by atoms with Crippen LogP contribution in [0.25, 0.3) is 22.2 Å². The first-order valence-electron chi connectivity index (χ1n) is 12.0. The molecule has 1 amide bonds. The smallest absolute Gasteiger partial charge is 0.242 e. The van der Waals surface area contributed by atoms with Crippen LogP contribution >= 0.6 is 11.6 Å². The van der Waals surface area contributed by atoms with Crippen molar-refractivity contribution < 1.29 is 4.79 Å². The molecule has 1 saturated heterocycles. The Bertz CT molecular complexity index is 1400. The molecule has 0 bridgehead atoms. The fourth-order valence-electron chi connectivity index (χ4n) is 4.69. The summed E-state index contributed by atoms with van der Waals surface area (Å²) < 4.78 is 0. The molecule has 8 heteroatoms. The number of H-pyrrole nitrogens is 1. The third-order valence-corrected chi connectivity index (χ3v) is 6.68. The summed E-state index contributed by atoms with van der Waals surface area (Å²) >= 11 is 6.49. The second-order valence-electron chi connectivity index (χ2n) is 8.88. The molecule has 182 valence electrons. The number of likely N-dealkylation sites (tertiary alicyclic amines) is 1. The Balaban J connectivity index is 1.27. The number of hydrogen-bond donors (Lipinski definition) is 2. The minimum Gasteiger partial charge on any atom is -0.360 e. The first-order valence-corrected chi connectivity index (χ1v) is 12.4. The van der Waals surface area contributed by atoms with Crippen LogP contribution in [-0.2, 0) is 4.79 Å². The maximum absolute atomic E-state index is 13.1. The SMILES string of the molecule is C#CCN(C(=O)CN1CCC[C@@H](Nc2ncc(Cl)c(-c3c[nH]c4ccccc34)n2)C1)c1ccccc1. The molecule has 5 rings (SSSR count). The van der Waals surface area contributed by atoms with E-state index in [0.717, 1.165) is 41.5 Å². The average molecular weight is 499 g/mol. The molecule has 4 aromatic rings. The normalized spacial score (nSPS) is 15.9. The van der Waals surface area contributed by atoms with E-state index < -0.39 is 0 Å². The summed E-state index contributed by atoms with van der Waals surface area (Å²) in [5.74, 6) is 3.12. The van der Waals surface area contributed by atoms with Crippen molar-refractivity contribution in [3.63, 3.8) is 0 Å². The van der Waals surface area contributed by atoms with Crippen molar-refractivity contribution >= 4 is 40.0 Å². The number of amides is 1. The number of anilines is 2. The van der Waals surface area contributed by atoms with E-state index in [0.29, 0.717) is 29.8 Å². The molecular weight excluding hydrogens is 472 g/mol. The second kappa shape index (κ2) is 10.8. The fourth-order valence-corrected chi connectivity index (χ4v) is 4.88. The predicted octanol–water partition coefficient (Wildman–Crippen LogP) is 4.82. The van der Waals surface area contributed by atoms with Gasteiger partial charge in [-0.25, -0.2) is 9.97 Å². The lowest BCUT2D eigenvalue weighted by Gasteiger charge is -2.34. The molecule has 0 spiro atoms. The Morgan fingerprint density at radius 1 is 1.22 bits per heavy atom. The first kappa shape index (κ1) is 23.9. The highest BCUT2D eigenvalue weighted by molar-refractivity contribution is 6.33. The van der Waals surface area contributed by atoms with Crippen molar-refractivity contribution in [2.24, 2.45) is 0 Å². The number of halogens is 1. The number of benzene rings is 2. The minimum absolute atomic E-state index is 0.0100. The number of aromatic amines is 1. The molecule has 0 saturated carbocycles. The van der Waals surface area contributed by atoms with E-state index in [1.54, 1.807) is 11.1 Å². The van der Waals surface area contributed by atoms with Crippen molar-refractivity contribution in [3.8, 4) is 23.6 Å². The number of para-hydroxylation sites is 2. The highest BCUT2D eigenvalue weighted by atomic mass is 35.5. The quantitative estimate of drug-likeness (QED) is 0.357. The lowest BCUT2D eigenvalue weighted by molar-refractivity contribution is -0.119. The van der Waals surface area contributed by atoms with Gasteiger partial charge in [0.25, 0.3) is 0 Å². The maximum atomic E-state index is 13.1. The summed E-state index contributed by atoms with van der Waals surface area (Å²) in [6.07, 6.45) is 11.0. The molecule has 0 unspecified atom stereocenters. The Kier molecular flexibility index (Phi) is 7.17. The highest BCUT2D eigenvalue weighted by Gasteiger charge is 2.25. The lowest BCUT2D eigenvalue weighted by Crippen LogP contribution is -2.47. The molecule has 1 atom stereocenters. The Hall–Kier alpha value is -3.86. The summed E-state index contributed by atoms with van der Waals surface area (Å²) in [5, 5.41) is 5.01. The molecule has 7 nitrogen and oxygen atoms in total. The summed E-state index contributed by atoms with van der Waals surface area (Å²) in [5.41, 5.74) is 3.46. The van der Waals surface area contributed by atoms with Gasteiger partial charge in [0.15, 0.2) is 0 Å². The third kappa shape index (κ3) is 5.20. The number of carbonyl (C=O) groups excluding carboxylic acids is 1. The van der Waals surface area contributed by atoms with Gasteiger partial charge in [-0.15, -0.1) is 6.42 Å². The number of aromatic nitrogens is 3. The van der Waals surface area contributed by atoms with Gasteiger partial charge in [0, 0.05) is 40.9 Å². The van der Waals surface area contributed by atoms with Gasteiger partial charge in [-0.2, -0.15) is 0 Å². The number of piperidine rings is 1. The highest BCUT2D eigenvalue weighted by Crippen LogP contribution is 2.32. The number of terminal acetylenes is 1. The van der Waals surface area contributed by atoms with E-state index in [1.807, 2.05) is 60.8 Å². The zero-order chi connectivity index (χ0) is 24.9. The van der Waals surface area contributed by atoms with E-state index in [4.69, 9.17) is 23.0 Å². The van der Waals surface area contributed by atoms with Crippen molar-refractivity contribution in [1.82, 2.24) is 19.9 Å². The minimum atomic E-state index is -0.0100. The van der Waals surface area contributed by atoms with Crippen LogP contribution < -0.4 is 10.2 Å². The molecular formula is C28H27ClN6O. The van der Waals surface area contributed by atoms with Gasteiger partial charge in [0.2, 0.25) is 11.9 Å². The van der Waals surface area contributed by atoms with Crippen molar-refractivity contribution in [2.45, 2.75) is 18.9 Å². The van der Waals surface area contributed by atoms with Gasteiger partial charge in [-0.1, -0.05) is 53.9 Å². The standard InChI is InChI=1S/C28H27ClN6O/c1-2-14-35(21-10-4-3-5-11-21)26(36)19-34-15-8-9-20(18-34)32-28-31-17-24(29)27(33-28)23-16-30-25-13-7-6-12-22(23)25/h1,3-7,10-13,16-17,20,30H,8-9,14-15,18-19H2,(H,31,32,33)/t20-/m1/s1. The monoisotopic (exact) mass is 498 g/mol. The van der Waals surface area contributed by atoms with Gasteiger partial charge in [-0.3, -0.25) is 14.6 Å². The van der Waals surface area contributed by atoms with E-state index in [1.165, 1.54) is 0 Å². The number of carbonyl (C=O) groups is 1. The van der Waals surface area contributed by atoms with Crippen LogP contribution in [0.15, 0.2) is 67.0 Å². The molecule has 36 heavy (non-hydrogen) atoms. The van der Waals surface area contributed by atoms with Crippen LogP contribution in [0.5, 0.6) is 0 Å². The number of rotatable bonds is 7. The van der Waals surface area contributed by atoms with Crippen LogP contribution in [0.1, 0.15) is 12.8 Å². The zero-order valence-corrected chi connectivity index (χ0v) is 20.6. The third-order valence-electron chi connectivity index (χ3n) is 6.40. The molecule has 1 aliphatic rings. The summed E-state index contributed by atoms with van der Waals surface area (Å²) in [7, 11) is 0. The fraction of sp³-hybridized carbons (Fsp3) is 0.250. The summed E-state index contributed by atoms with van der Waals surface area (Å²) in [6, 6.07) is 17.7. The van der Waals surface area contributed by atoms with E-state index in [9.17, 15) is 4.79 Å². The zero-order valence-electron chi connectivity index (χ0n) is 19.8. The number of nitrogens with zero attached hydrogens (tertiary/aromatic N) is 4. The second-order valence-corrected chi connectivity index (χ2v) is 9.28. The average Bonchev–Trinajstić information content (AvgIpc) is 3.33. The Morgan fingerprint density at radius 3 is 2.86 bits per heavy atom. The van der Waals surface area contributed by atoms with Gasteiger partial charge in [0.05, 0.1) is 30.0 Å². The predicted molar refractivity (Wildman–Crippen MR) is 145 cm³/mol. The number of nitrogens with one attached hydrogen (secondary N) is 2. The van der Waals surface area contributed by atoms with Crippen LogP contribution in [0, 0.1) is 12.3 Å². The molecule has 2 aromatic carbocycles. The van der Waals surface area contributed by atoms with Crippen molar-refractivity contribution in [1.29, 1.82) is 0 Å². The maximum Gasteiger partial charge on any atom is 0.242 e. The molecule has 0 aliphatic carbocycles. The molecule has 1 aliphatic heterocycles.